The second-order valence-electron chi connectivity index (χ2n) is 8.40. The van der Waals surface area contributed by atoms with Gasteiger partial charge in [0, 0.05) is 24.9 Å². The molecule has 1 fully saturated rings. The molecule has 0 aromatic heterocycles. The quantitative estimate of drug-likeness (QED) is 0.430. The Balaban J connectivity index is 1.54. The number of amides is 2. The minimum atomic E-state index is -4.49. The van der Waals surface area contributed by atoms with Crippen LogP contribution in [-0.4, -0.2) is 31.1 Å². The molecule has 4 rings (SSSR count). The van der Waals surface area contributed by atoms with Crippen LogP contribution in [0, 0.1) is 0 Å². The van der Waals surface area contributed by atoms with Crippen molar-refractivity contribution in [1.82, 2.24) is 10.6 Å². The third kappa shape index (κ3) is 6.40. The van der Waals surface area contributed by atoms with Gasteiger partial charge < -0.3 is 15.4 Å². The molecule has 1 aliphatic rings. The fraction of sp³-hybridized carbons (Fsp3) is 0.214. The van der Waals surface area contributed by atoms with Crippen molar-refractivity contribution in [2.24, 2.45) is 0 Å². The summed E-state index contributed by atoms with van der Waals surface area (Å²) in [6.45, 7) is 0.999. The number of alkyl halides is 3. The smallest absolute Gasteiger partial charge is 0.376 e. The summed E-state index contributed by atoms with van der Waals surface area (Å²) in [7, 11) is 0. The van der Waals surface area contributed by atoms with Gasteiger partial charge in [-0.05, 0) is 53.8 Å². The van der Waals surface area contributed by atoms with Crippen LogP contribution in [0.5, 0.6) is 0 Å². The summed E-state index contributed by atoms with van der Waals surface area (Å²) in [5.74, 6) is -1.03. The fourth-order valence-electron chi connectivity index (χ4n) is 3.89. The van der Waals surface area contributed by atoms with E-state index in [0.29, 0.717) is 18.7 Å². The van der Waals surface area contributed by atoms with E-state index in [4.69, 9.17) is 4.74 Å². The number of nitrogens with one attached hydrogen (secondary N) is 2. The van der Waals surface area contributed by atoms with Crippen LogP contribution in [-0.2, 0) is 15.7 Å². The maximum atomic E-state index is 13.0. The Kier molecular flexibility index (Phi) is 7.85. The standard InChI is InChI=1S/C28H25F3N2O3/c29-28(30,31)23-14-12-22(13-15-23)26(34)33-18-25(27(35)32-17-24-7-4-16-36-24)21-10-8-20(9-11-21)19-5-2-1-3-6-19/h1-3,5-6,8-15,18,24H,4,7,16-17H2,(H,32,35)(H,33,34). The van der Waals surface area contributed by atoms with Crippen molar-refractivity contribution >= 4 is 17.4 Å². The summed E-state index contributed by atoms with van der Waals surface area (Å²) in [6.07, 6.45) is -1.47. The molecule has 3 aromatic rings. The molecule has 5 nitrogen and oxygen atoms in total. The van der Waals surface area contributed by atoms with Gasteiger partial charge in [0.1, 0.15) is 0 Å². The number of halogens is 3. The van der Waals surface area contributed by atoms with Crippen molar-refractivity contribution in [2.45, 2.75) is 25.1 Å². The average Bonchev–Trinajstić information content (AvgIpc) is 3.42. The summed E-state index contributed by atoms with van der Waals surface area (Å²) in [4.78, 5) is 25.6. The van der Waals surface area contributed by atoms with Gasteiger partial charge in [0.25, 0.3) is 11.8 Å². The number of ether oxygens (including phenoxy) is 1. The molecule has 1 unspecified atom stereocenters. The predicted octanol–water partition coefficient (Wildman–Crippen LogP) is 5.44. The summed E-state index contributed by atoms with van der Waals surface area (Å²) in [5, 5.41) is 5.39. The molecular weight excluding hydrogens is 469 g/mol. The molecule has 0 radical (unpaired) electrons. The van der Waals surface area contributed by atoms with E-state index in [9.17, 15) is 22.8 Å². The second kappa shape index (κ2) is 11.2. The Labute approximate surface area is 207 Å². The van der Waals surface area contributed by atoms with Gasteiger partial charge in [0.2, 0.25) is 0 Å². The lowest BCUT2D eigenvalue weighted by Crippen LogP contribution is -2.33. The van der Waals surface area contributed by atoms with Crippen LogP contribution in [0.25, 0.3) is 16.7 Å². The Hall–Kier alpha value is -3.91. The van der Waals surface area contributed by atoms with Crippen LogP contribution in [0.4, 0.5) is 13.2 Å². The van der Waals surface area contributed by atoms with E-state index in [0.717, 1.165) is 48.2 Å². The van der Waals surface area contributed by atoms with Gasteiger partial charge in [-0.1, -0.05) is 54.6 Å². The highest BCUT2D eigenvalue weighted by atomic mass is 19.4. The maximum absolute atomic E-state index is 13.0. The second-order valence-corrected chi connectivity index (χ2v) is 8.40. The molecule has 8 heteroatoms. The lowest BCUT2D eigenvalue weighted by atomic mass is 10.00. The van der Waals surface area contributed by atoms with Crippen LogP contribution in [0.15, 0.2) is 85.1 Å². The van der Waals surface area contributed by atoms with Gasteiger partial charge in [-0.15, -0.1) is 0 Å². The molecule has 1 atom stereocenters. The van der Waals surface area contributed by atoms with Gasteiger partial charge >= 0.3 is 6.18 Å². The summed E-state index contributed by atoms with van der Waals surface area (Å²) in [5.41, 5.74) is 1.97. The van der Waals surface area contributed by atoms with Crippen molar-refractivity contribution in [2.75, 3.05) is 13.2 Å². The number of rotatable bonds is 7. The average molecular weight is 495 g/mol. The van der Waals surface area contributed by atoms with E-state index in [-0.39, 0.29) is 17.2 Å². The number of hydrogen-bond acceptors (Lipinski definition) is 3. The number of carbonyl (C=O) groups excluding carboxylic acids is 2. The van der Waals surface area contributed by atoms with E-state index in [1.54, 1.807) is 12.1 Å². The normalized spacial score (nSPS) is 16.0. The first-order valence-corrected chi connectivity index (χ1v) is 11.6. The monoisotopic (exact) mass is 494 g/mol. The molecule has 0 aliphatic carbocycles. The molecule has 1 saturated heterocycles. The molecule has 2 N–H and O–H groups in total. The zero-order valence-corrected chi connectivity index (χ0v) is 19.3. The predicted molar refractivity (Wildman–Crippen MR) is 131 cm³/mol. The van der Waals surface area contributed by atoms with E-state index in [1.165, 1.54) is 6.20 Å². The first kappa shape index (κ1) is 25.2. The Bertz CT molecular complexity index is 1220. The summed E-state index contributed by atoms with van der Waals surface area (Å²) in [6, 6.07) is 20.9. The maximum Gasteiger partial charge on any atom is 0.416 e. The third-order valence-corrected chi connectivity index (χ3v) is 5.88. The molecule has 1 aliphatic heterocycles. The van der Waals surface area contributed by atoms with Gasteiger partial charge in [-0.3, -0.25) is 9.59 Å². The van der Waals surface area contributed by atoms with Crippen LogP contribution < -0.4 is 10.6 Å². The third-order valence-electron chi connectivity index (χ3n) is 5.88. The van der Waals surface area contributed by atoms with Crippen molar-refractivity contribution < 1.29 is 27.5 Å². The van der Waals surface area contributed by atoms with Crippen LogP contribution in [0.2, 0.25) is 0 Å². The molecule has 0 spiro atoms. The summed E-state index contributed by atoms with van der Waals surface area (Å²) >= 11 is 0. The van der Waals surface area contributed by atoms with Crippen LogP contribution >= 0.6 is 0 Å². The highest BCUT2D eigenvalue weighted by Gasteiger charge is 2.30. The van der Waals surface area contributed by atoms with Gasteiger partial charge in [0.05, 0.1) is 17.2 Å². The lowest BCUT2D eigenvalue weighted by Gasteiger charge is -2.14. The minimum Gasteiger partial charge on any atom is -0.376 e. The molecule has 0 bridgehead atoms. The topological polar surface area (TPSA) is 67.4 Å². The van der Waals surface area contributed by atoms with Gasteiger partial charge in [0.15, 0.2) is 0 Å². The largest absolute Gasteiger partial charge is 0.416 e. The molecular formula is C28H25F3N2O3. The summed E-state index contributed by atoms with van der Waals surface area (Å²) < 4.78 is 44.0. The molecule has 1 heterocycles. The number of benzene rings is 3. The molecule has 0 saturated carbocycles. The zero-order chi connectivity index (χ0) is 25.5. The van der Waals surface area contributed by atoms with Crippen molar-refractivity contribution in [3.8, 4) is 11.1 Å². The van der Waals surface area contributed by atoms with E-state index >= 15 is 0 Å². The van der Waals surface area contributed by atoms with Crippen molar-refractivity contribution in [3.05, 3.63) is 102 Å². The van der Waals surface area contributed by atoms with Gasteiger partial charge in [-0.2, -0.15) is 13.2 Å². The minimum absolute atomic E-state index is 0.0396. The number of hydrogen-bond donors (Lipinski definition) is 2. The zero-order valence-electron chi connectivity index (χ0n) is 19.3. The first-order chi connectivity index (χ1) is 17.3. The van der Waals surface area contributed by atoms with E-state index in [1.807, 2.05) is 42.5 Å². The fourth-order valence-corrected chi connectivity index (χ4v) is 3.89. The molecule has 186 valence electrons. The SMILES string of the molecule is O=C(NCC1CCCO1)C(=CNC(=O)c1ccc(C(F)(F)F)cc1)c1ccc(-c2ccccc2)cc1. The Morgan fingerprint density at radius 3 is 2.14 bits per heavy atom. The Morgan fingerprint density at radius 1 is 0.889 bits per heavy atom. The molecule has 3 aromatic carbocycles. The number of carbonyl (C=O) groups is 2. The van der Waals surface area contributed by atoms with Crippen molar-refractivity contribution in [3.63, 3.8) is 0 Å². The van der Waals surface area contributed by atoms with E-state index in [2.05, 4.69) is 10.6 Å². The van der Waals surface area contributed by atoms with E-state index < -0.39 is 23.6 Å². The highest BCUT2D eigenvalue weighted by molar-refractivity contribution is 6.20. The first-order valence-electron chi connectivity index (χ1n) is 11.6. The van der Waals surface area contributed by atoms with Crippen LogP contribution in [0.3, 0.4) is 0 Å². The lowest BCUT2D eigenvalue weighted by molar-refractivity contribution is -0.137. The van der Waals surface area contributed by atoms with Crippen LogP contribution in [0.1, 0.15) is 34.3 Å². The highest BCUT2D eigenvalue weighted by Crippen LogP contribution is 2.29. The van der Waals surface area contributed by atoms with Gasteiger partial charge in [-0.25, -0.2) is 0 Å². The Morgan fingerprint density at radius 2 is 1.53 bits per heavy atom. The molecule has 2 amide bonds. The van der Waals surface area contributed by atoms with Crippen molar-refractivity contribution in [1.29, 1.82) is 0 Å². The molecule has 36 heavy (non-hydrogen) atoms.